The first-order valence-electron chi connectivity index (χ1n) is 8.90. The molecule has 0 unspecified atom stereocenters. The summed E-state index contributed by atoms with van der Waals surface area (Å²) in [6, 6.07) is 14.1. The van der Waals surface area contributed by atoms with Crippen molar-refractivity contribution in [1.82, 2.24) is 0 Å². The quantitative estimate of drug-likeness (QED) is 0.515. The molecule has 0 aliphatic carbocycles. The summed E-state index contributed by atoms with van der Waals surface area (Å²) < 4.78 is 14.5. The second-order valence-electron chi connectivity index (χ2n) is 6.02. The van der Waals surface area contributed by atoms with Crippen LogP contribution in [0.1, 0.15) is 23.6 Å². The average Bonchev–Trinajstić information content (AvgIpc) is 2.69. The van der Waals surface area contributed by atoms with E-state index in [0.717, 1.165) is 16.7 Å². The van der Waals surface area contributed by atoms with Crippen molar-refractivity contribution in [2.75, 3.05) is 20.8 Å². The van der Waals surface area contributed by atoms with Gasteiger partial charge in [0.05, 0.1) is 40.1 Å². The van der Waals surface area contributed by atoms with Gasteiger partial charge in [-0.15, -0.1) is 0 Å². The maximum absolute atomic E-state index is 12.0. The SMILES string of the molecule is CCOC(=O)Cc1ccccc1-c1ccc(CC(=O)OC)[c]c1CC(=O)OC. The number of rotatable bonds is 8. The molecule has 0 heterocycles. The van der Waals surface area contributed by atoms with Gasteiger partial charge in [-0.2, -0.15) is 0 Å². The third-order valence-electron chi connectivity index (χ3n) is 4.15. The fraction of sp³-hybridized carbons (Fsp3) is 0.318. The first-order chi connectivity index (χ1) is 13.5. The highest BCUT2D eigenvalue weighted by atomic mass is 16.5. The van der Waals surface area contributed by atoms with E-state index in [9.17, 15) is 14.4 Å². The van der Waals surface area contributed by atoms with E-state index in [2.05, 4.69) is 6.07 Å². The second-order valence-corrected chi connectivity index (χ2v) is 6.02. The third kappa shape index (κ3) is 5.67. The van der Waals surface area contributed by atoms with Gasteiger partial charge < -0.3 is 14.2 Å². The number of ether oxygens (including phenoxy) is 3. The molecular weight excluding hydrogens is 360 g/mol. The first kappa shape index (κ1) is 21.2. The molecule has 0 atom stereocenters. The van der Waals surface area contributed by atoms with Crippen LogP contribution in [-0.4, -0.2) is 38.7 Å². The molecule has 1 radical (unpaired) electrons. The Kier molecular flexibility index (Phi) is 7.75. The molecule has 28 heavy (non-hydrogen) atoms. The lowest BCUT2D eigenvalue weighted by Gasteiger charge is -2.14. The molecule has 6 heteroatoms. The van der Waals surface area contributed by atoms with Crippen LogP contribution in [0.25, 0.3) is 11.1 Å². The van der Waals surface area contributed by atoms with Gasteiger partial charge in [0.15, 0.2) is 0 Å². The van der Waals surface area contributed by atoms with Crippen molar-refractivity contribution < 1.29 is 28.6 Å². The van der Waals surface area contributed by atoms with E-state index in [1.807, 2.05) is 30.3 Å². The topological polar surface area (TPSA) is 78.9 Å². The molecule has 2 aromatic rings. The number of hydrogen-bond acceptors (Lipinski definition) is 6. The highest BCUT2D eigenvalue weighted by Gasteiger charge is 2.16. The zero-order valence-electron chi connectivity index (χ0n) is 16.2. The summed E-state index contributed by atoms with van der Waals surface area (Å²) >= 11 is 0. The predicted molar refractivity (Wildman–Crippen MR) is 102 cm³/mol. The molecule has 0 amide bonds. The molecule has 147 valence electrons. The van der Waals surface area contributed by atoms with Crippen LogP contribution in [0.3, 0.4) is 0 Å². The Labute approximate surface area is 164 Å². The van der Waals surface area contributed by atoms with E-state index in [-0.39, 0.29) is 25.2 Å². The predicted octanol–water partition coefficient (Wildman–Crippen LogP) is 2.69. The van der Waals surface area contributed by atoms with Crippen molar-refractivity contribution in [2.45, 2.75) is 26.2 Å². The normalized spacial score (nSPS) is 10.2. The molecule has 0 aromatic heterocycles. The molecule has 0 N–H and O–H groups in total. The van der Waals surface area contributed by atoms with Crippen LogP contribution in [-0.2, 0) is 47.9 Å². The lowest BCUT2D eigenvalue weighted by molar-refractivity contribution is -0.142. The summed E-state index contributed by atoms with van der Waals surface area (Å²) in [6.07, 6.45) is 0.162. The van der Waals surface area contributed by atoms with Gasteiger partial charge in [-0.3, -0.25) is 14.4 Å². The van der Waals surface area contributed by atoms with Gasteiger partial charge >= 0.3 is 17.9 Å². The van der Waals surface area contributed by atoms with Crippen molar-refractivity contribution in [3.63, 3.8) is 0 Å². The Bertz CT molecular complexity index is 856. The first-order valence-corrected chi connectivity index (χ1v) is 8.90. The van der Waals surface area contributed by atoms with Crippen molar-refractivity contribution in [2.24, 2.45) is 0 Å². The van der Waals surface area contributed by atoms with Gasteiger partial charge in [-0.25, -0.2) is 0 Å². The molecule has 0 aliphatic heterocycles. The molecule has 0 bridgehead atoms. The van der Waals surface area contributed by atoms with Gasteiger partial charge in [0.1, 0.15) is 0 Å². The Morgan fingerprint density at radius 1 is 0.821 bits per heavy atom. The average molecular weight is 383 g/mol. The van der Waals surface area contributed by atoms with Crippen LogP contribution in [0, 0.1) is 6.07 Å². The summed E-state index contributed by atoms with van der Waals surface area (Å²) in [7, 11) is 2.63. The van der Waals surface area contributed by atoms with Crippen molar-refractivity contribution in [3.8, 4) is 11.1 Å². The van der Waals surface area contributed by atoms with Crippen LogP contribution in [0.2, 0.25) is 0 Å². The highest BCUT2D eigenvalue weighted by molar-refractivity contribution is 5.82. The van der Waals surface area contributed by atoms with Crippen LogP contribution in [0.15, 0.2) is 36.4 Å². The van der Waals surface area contributed by atoms with E-state index in [0.29, 0.717) is 17.7 Å². The largest absolute Gasteiger partial charge is 0.469 e. The summed E-state index contributed by atoms with van der Waals surface area (Å²) in [5, 5.41) is 0. The lowest BCUT2D eigenvalue weighted by Crippen LogP contribution is -2.11. The molecule has 0 fully saturated rings. The van der Waals surface area contributed by atoms with E-state index < -0.39 is 11.9 Å². The van der Waals surface area contributed by atoms with Gasteiger partial charge in [-0.1, -0.05) is 36.4 Å². The number of hydrogen-bond donors (Lipinski definition) is 0. The van der Waals surface area contributed by atoms with Crippen LogP contribution >= 0.6 is 0 Å². The monoisotopic (exact) mass is 383 g/mol. The van der Waals surface area contributed by atoms with Gasteiger partial charge in [0, 0.05) is 0 Å². The zero-order valence-corrected chi connectivity index (χ0v) is 16.2. The Morgan fingerprint density at radius 2 is 1.50 bits per heavy atom. The van der Waals surface area contributed by atoms with Crippen molar-refractivity contribution in [1.29, 1.82) is 0 Å². The van der Waals surface area contributed by atoms with Crippen LogP contribution in [0.5, 0.6) is 0 Å². The van der Waals surface area contributed by atoms with Crippen LogP contribution < -0.4 is 0 Å². The Balaban J connectivity index is 2.47. The maximum Gasteiger partial charge on any atom is 0.310 e. The maximum atomic E-state index is 12.0. The minimum Gasteiger partial charge on any atom is -0.469 e. The highest BCUT2D eigenvalue weighted by Crippen LogP contribution is 2.29. The van der Waals surface area contributed by atoms with E-state index in [4.69, 9.17) is 14.2 Å². The lowest BCUT2D eigenvalue weighted by atomic mass is 9.91. The summed E-state index contributed by atoms with van der Waals surface area (Å²) in [5.74, 6) is -1.14. The summed E-state index contributed by atoms with van der Waals surface area (Å²) in [6.45, 7) is 2.07. The van der Waals surface area contributed by atoms with E-state index >= 15 is 0 Å². The molecule has 0 spiro atoms. The molecule has 2 rings (SSSR count). The molecule has 0 saturated carbocycles. The Morgan fingerprint density at radius 3 is 2.18 bits per heavy atom. The van der Waals surface area contributed by atoms with Gasteiger partial charge in [0.25, 0.3) is 0 Å². The number of esters is 3. The smallest absolute Gasteiger partial charge is 0.310 e. The fourth-order valence-electron chi connectivity index (χ4n) is 2.83. The molecule has 0 saturated heterocycles. The molecule has 0 aliphatic rings. The Hall–Kier alpha value is -3.15. The molecular formula is C22H23O6. The fourth-order valence-corrected chi connectivity index (χ4v) is 2.83. The van der Waals surface area contributed by atoms with E-state index in [1.165, 1.54) is 14.2 Å². The standard InChI is InChI=1S/C22H23O6/c1-4-28-22(25)13-16-7-5-6-8-18(16)19-10-9-15(12-20(23)26-2)11-17(19)14-21(24)27-3/h5-10H,4,12-14H2,1-3H3. The third-order valence-corrected chi connectivity index (χ3v) is 4.15. The number of methoxy groups -OCH3 is 2. The minimum atomic E-state index is -0.421. The number of benzene rings is 2. The zero-order chi connectivity index (χ0) is 20.5. The van der Waals surface area contributed by atoms with E-state index in [1.54, 1.807) is 13.0 Å². The summed E-state index contributed by atoms with van der Waals surface area (Å²) in [4.78, 5) is 35.4. The summed E-state index contributed by atoms with van der Waals surface area (Å²) in [5.41, 5.74) is 3.53. The second kappa shape index (κ2) is 10.3. The number of carbonyl (C=O) groups excluding carboxylic acids is 3. The van der Waals surface area contributed by atoms with Crippen molar-refractivity contribution in [3.05, 3.63) is 59.2 Å². The van der Waals surface area contributed by atoms with Gasteiger partial charge in [-0.05, 0) is 40.8 Å². The minimum absolute atomic E-state index is 0.00537. The van der Waals surface area contributed by atoms with Gasteiger partial charge in [0.2, 0.25) is 0 Å². The van der Waals surface area contributed by atoms with Crippen molar-refractivity contribution >= 4 is 17.9 Å². The van der Waals surface area contributed by atoms with Crippen LogP contribution in [0.4, 0.5) is 0 Å². The molecule has 6 nitrogen and oxygen atoms in total. The molecule has 2 aromatic carbocycles. The number of carbonyl (C=O) groups is 3.